The number of fused-ring (bicyclic) bond motifs is 1. The average molecular weight is 848 g/mol. The Morgan fingerprint density at radius 1 is 0.623 bits per heavy atom. The molecule has 0 atom stereocenters. The van der Waals surface area contributed by atoms with Crippen molar-refractivity contribution >= 4 is 27.5 Å². The Bertz CT molecular complexity index is 2290. The van der Waals surface area contributed by atoms with Crippen molar-refractivity contribution in [3.63, 3.8) is 0 Å². The number of carbonyl (C=O) groups excluding carboxylic acids is 1. The molecule has 0 aliphatic carbocycles. The molecule has 1 aliphatic heterocycles. The number of ether oxygens (including phenoxy) is 6. The van der Waals surface area contributed by atoms with E-state index in [0.717, 1.165) is 105 Å². The van der Waals surface area contributed by atoms with Gasteiger partial charge in [0.05, 0.1) is 63.3 Å². The number of piperazine rings is 1. The van der Waals surface area contributed by atoms with Crippen LogP contribution in [0.15, 0.2) is 84.9 Å². The van der Waals surface area contributed by atoms with Crippen molar-refractivity contribution < 1.29 is 33.2 Å². The van der Waals surface area contributed by atoms with Gasteiger partial charge >= 0.3 is 0 Å². The molecule has 0 bridgehead atoms. The first-order valence-corrected chi connectivity index (χ1v) is 21.9. The van der Waals surface area contributed by atoms with E-state index in [9.17, 15) is 4.79 Å². The van der Waals surface area contributed by atoms with Gasteiger partial charge in [-0.05, 0) is 124 Å². The number of aromatic nitrogens is 3. The summed E-state index contributed by atoms with van der Waals surface area (Å²) in [6.07, 6.45) is 6.57. The number of carbonyl (C=O) groups is 1. The van der Waals surface area contributed by atoms with Crippen LogP contribution in [0.1, 0.15) is 50.2 Å². The van der Waals surface area contributed by atoms with Gasteiger partial charge in [-0.1, -0.05) is 12.1 Å². The van der Waals surface area contributed by atoms with Gasteiger partial charge in [-0.3, -0.25) is 4.79 Å². The summed E-state index contributed by atoms with van der Waals surface area (Å²) in [5.41, 5.74) is 4.90. The zero-order valence-electron chi connectivity index (χ0n) is 36.0. The number of para-hydroxylation sites is 1. The van der Waals surface area contributed by atoms with E-state index in [1.54, 1.807) is 39.8 Å². The minimum atomic E-state index is -0.217. The van der Waals surface area contributed by atoms with Crippen LogP contribution in [0.3, 0.4) is 0 Å². The summed E-state index contributed by atoms with van der Waals surface area (Å²) in [5, 5.41) is 5.69. The minimum absolute atomic E-state index is 0.217. The van der Waals surface area contributed by atoms with Gasteiger partial charge in [0.2, 0.25) is 11.7 Å². The predicted molar refractivity (Wildman–Crippen MR) is 242 cm³/mol. The molecule has 6 aromatic rings. The van der Waals surface area contributed by atoms with Crippen LogP contribution in [0.5, 0.6) is 34.5 Å². The highest BCUT2D eigenvalue weighted by Gasteiger charge is 2.21. The number of thiazole rings is 1. The molecule has 2 aromatic heterocycles. The SMILES string of the molecule is COc1ccc(-c2cc(-c3cc(OC)c(OC)c(OC)c3)nn2C(C)=O)cc1OCCCCCN1CCN(CCCCCOc2ccc(-c3nc4ccccc4s3)cc2)CC1. The van der Waals surface area contributed by atoms with Crippen LogP contribution in [0, 0.1) is 0 Å². The molecule has 12 nitrogen and oxygen atoms in total. The number of methoxy groups -OCH3 is 4. The fourth-order valence-electron chi connectivity index (χ4n) is 7.67. The van der Waals surface area contributed by atoms with Crippen LogP contribution in [0.4, 0.5) is 0 Å². The van der Waals surface area contributed by atoms with Gasteiger partial charge in [-0.2, -0.15) is 9.78 Å². The second-order valence-corrected chi connectivity index (χ2v) is 16.2. The molecule has 1 aliphatic rings. The quantitative estimate of drug-likeness (QED) is 0.0646. The molecule has 0 saturated carbocycles. The van der Waals surface area contributed by atoms with Crippen molar-refractivity contribution in [1.82, 2.24) is 24.6 Å². The highest BCUT2D eigenvalue weighted by atomic mass is 32.1. The second-order valence-electron chi connectivity index (χ2n) is 15.1. The van der Waals surface area contributed by atoms with Crippen molar-refractivity contribution in [2.75, 3.05) is 80.9 Å². The number of hydrogen-bond donors (Lipinski definition) is 0. The van der Waals surface area contributed by atoms with Gasteiger partial charge in [0.15, 0.2) is 23.0 Å². The Hall–Kier alpha value is -5.63. The molecule has 61 heavy (non-hydrogen) atoms. The third-order valence-electron chi connectivity index (χ3n) is 11.1. The Kier molecular flexibility index (Phi) is 15.1. The number of hydrogen-bond acceptors (Lipinski definition) is 12. The van der Waals surface area contributed by atoms with Gasteiger partial charge in [0.1, 0.15) is 10.8 Å². The lowest BCUT2D eigenvalue weighted by molar-refractivity contribution is 0.0923. The third kappa shape index (κ3) is 11.0. The molecule has 4 aromatic carbocycles. The van der Waals surface area contributed by atoms with Crippen molar-refractivity contribution in [3.05, 3.63) is 84.9 Å². The molecular formula is C48H57N5O7S. The molecule has 322 valence electrons. The van der Waals surface area contributed by atoms with E-state index in [-0.39, 0.29) is 5.91 Å². The fraction of sp³-hybridized carbons (Fsp3) is 0.396. The Labute approximate surface area is 362 Å². The summed E-state index contributed by atoms with van der Waals surface area (Å²) in [5.74, 6) is 3.44. The molecule has 0 spiro atoms. The molecule has 0 amide bonds. The van der Waals surface area contributed by atoms with E-state index >= 15 is 0 Å². The Morgan fingerprint density at radius 3 is 1.84 bits per heavy atom. The maximum Gasteiger partial charge on any atom is 0.244 e. The van der Waals surface area contributed by atoms with Crippen LogP contribution < -0.4 is 28.4 Å². The van der Waals surface area contributed by atoms with Crippen LogP contribution in [-0.2, 0) is 0 Å². The minimum Gasteiger partial charge on any atom is -0.494 e. The number of unbranched alkanes of at least 4 members (excludes halogenated alkanes) is 4. The molecule has 13 heteroatoms. The first-order valence-electron chi connectivity index (χ1n) is 21.1. The summed E-state index contributed by atoms with van der Waals surface area (Å²) in [4.78, 5) is 22.7. The standard InChI is InChI=1S/C48H57N5O7S/c1-34(54)53-41(33-40(50-53)37-31-44(56-3)47(58-5)45(32-37)57-4)36-18-21-42(55-2)43(30-36)60-29-13-7-11-23-52-26-24-51(25-27-52)22-10-6-12-28-59-38-19-16-35(17-20-38)48-49-39-14-8-9-15-46(39)61-48/h8-9,14-21,30-33H,6-7,10-13,22-29H2,1-5H3. The lowest BCUT2D eigenvalue weighted by Gasteiger charge is -2.34. The molecule has 0 unspecified atom stereocenters. The molecule has 1 fully saturated rings. The van der Waals surface area contributed by atoms with Gasteiger partial charge in [-0.25, -0.2) is 4.98 Å². The highest BCUT2D eigenvalue weighted by molar-refractivity contribution is 7.21. The first-order chi connectivity index (χ1) is 29.9. The fourth-order valence-corrected chi connectivity index (χ4v) is 8.64. The third-order valence-corrected chi connectivity index (χ3v) is 12.1. The van der Waals surface area contributed by atoms with Crippen molar-refractivity contribution in [2.45, 2.75) is 45.4 Å². The average Bonchev–Trinajstić information content (AvgIpc) is 3.95. The summed E-state index contributed by atoms with van der Waals surface area (Å²) in [7, 11) is 6.32. The van der Waals surface area contributed by atoms with Crippen LogP contribution in [-0.4, -0.2) is 111 Å². The predicted octanol–water partition coefficient (Wildman–Crippen LogP) is 9.60. The number of rotatable bonds is 21. The van der Waals surface area contributed by atoms with E-state index in [0.29, 0.717) is 46.7 Å². The summed E-state index contributed by atoms with van der Waals surface area (Å²) in [6.45, 7) is 9.55. The van der Waals surface area contributed by atoms with Gasteiger partial charge in [0, 0.05) is 49.8 Å². The largest absolute Gasteiger partial charge is 0.494 e. The van der Waals surface area contributed by atoms with E-state index < -0.39 is 0 Å². The van der Waals surface area contributed by atoms with E-state index in [1.807, 2.05) is 42.5 Å². The Balaban J connectivity index is 0.792. The maximum atomic E-state index is 12.8. The van der Waals surface area contributed by atoms with Crippen molar-refractivity contribution in [3.8, 4) is 67.6 Å². The molecule has 3 heterocycles. The molecule has 1 saturated heterocycles. The summed E-state index contributed by atoms with van der Waals surface area (Å²) >= 11 is 1.72. The molecular weight excluding hydrogens is 791 g/mol. The molecule has 0 N–H and O–H groups in total. The van der Waals surface area contributed by atoms with Gasteiger partial charge < -0.3 is 38.2 Å². The smallest absolute Gasteiger partial charge is 0.244 e. The highest BCUT2D eigenvalue weighted by Crippen LogP contribution is 2.42. The number of benzene rings is 4. The topological polar surface area (TPSA) is 110 Å². The normalized spacial score (nSPS) is 13.3. The van der Waals surface area contributed by atoms with Crippen LogP contribution in [0.25, 0.3) is 43.3 Å². The van der Waals surface area contributed by atoms with Crippen LogP contribution in [0.2, 0.25) is 0 Å². The van der Waals surface area contributed by atoms with Gasteiger partial charge in [0.25, 0.3) is 0 Å². The van der Waals surface area contributed by atoms with E-state index in [4.69, 9.17) is 33.4 Å². The molecule has 7 rings (SSSR count). The summed E-state index contributed by atoms with van der Waals surface area (Å²) < 4.78 is 37.1. The van der Waals surface area contributed by atoms with Crippen molar-refractivity contribution in [2.24, 2.45) is 0 Å². The van der Waals surface area contributed by atoms with Gasteiger partial charge in [-0.15, -0.1) is 11.3 Å². The number of nitrogens with zero attached hydrogens (tertiary/aromatic N) is 5. The summed E-state index contributed by atoms with van der Waals surface area (Å²) in [6, 6.07) is 27.8. The zero-order valence-corrected chi connectivity index (χ0v) is 36.8. The zero-order chi connectivity index (χ0) is 42.6. The second kappa shape index (κ2) is 21.2. The monoisotopic (exact) mass is 847 g/mol. The lowest BCUT2D eigenvalue weighted by atomic mass is 10.1. The van der Waals surface area contributed by atoms with Crippen molar-refractivity contribution in [1.29, 1.82) is 0 Å². The first kappa shape index (κ1) is 43.5. The maximum absolute atomic E-state index is 12.8. The van der Waals surface area contributed by atoms with Crippen LogP contribution >= 0.6 is 11.3 Å². The van der Waals surface area contributed by atoms with E-state index in [1.165, 1.54) is 29.1 Å². The lowest BCUT2D eigenvalue weighted by Crippen LogP contribution is -2.46. The molecule has 0 radical (unpaired) electrons. The Morgan fingerprint density at radius 2 is 1.23 bits per heavy atom. The van der Waals surface area contributed by atoms with E-state index in [2.05, 4.69) is 57.4 Å².